The minimum absolute atomic E-state index is 0.120. The Labute approximate surface area is 179 Å². The number of fused-ring (bicyclic) bond motifs is 1. The zero-order chi connectivity index (χ0) is 20.7. The maximum Gasteiger partial charge on any atom is 0.407 e. The number of rotatable bonds is 4. The molecule has 0 radical (unpaired) electrons. The van der Waals surface area contributed by atoms with Crippen molar-refractivity contribution < 1.29 is 9.53 Å². The van der Waals surface area contributed by atoms with Gasteiger partial charge in [0.15, 0.2) is 0 Å². The average Bonchev–Trinajstić information content (AvgIpc) is 3.33. The van der Waals surface area contributed by atoms with Crippen LogP contribution in [0, 0.1) is 5.92 Å². The monoisotopic (exact) mass is 404 g/mol. The van der Waals surface area contributed by atoms with E-state index in [9.17, 15) is 4.79 Å². The Hall–Kier alpha value is -2.49. The highest BCUT2D eigenvalue weighted by molar-refractivity contribution is 5.71. The minimum atomic E-state index is -0.247. The number of amides is 1. The first-order chi connectivity index (χ1) is 14.5. The summed E-state index contributed by atoms with van der Waals surface area (Å²) in [5.74, 6) is 1.26. The lowest BCUT2D eigenvalue weighted by molar-refractivity contribution is 0.172. The van der Waals surface area contributed by atoms with Gasteiger partial charge in [0.25, 0.3) is 0 Å². The van der Waals surface area contributed by atoms with E-state index in [2.05, 4.69) is 66.8 Å². The molecule has 1 heterocycles. The summed E-state index contributed by atoms with van der Waals surface area (Å²) >= 11 is 0. The number of carbonyl (C=O) groups excluding carboxylic acids is 1. The molecule has 1 spiro atoms. The van der Waals surface area contributed by atoms with Gasteiger partial charge in [-0.25, -0.2) is 4.79 Å². The third-order valence-electron chi connectivity index (χ3n) is 7.46. The van der Waals surface area contributed by atoms with Crippen LogP contribution >= 0.6 is 0 Å². The Morgan fingerprint density at radius 1 is 1.10 bits per heavy atom. The van der Waals surface area contributed by atoms with E-state index in [4.69, 9.17) is 4.74 Å². The Morgan fingerprint density at radius 2 is 1.93 bits per heavy atom. The van der Waals surface area contributed by atoms with E-state index >= 15 is 0 Å². The average molecular weight is 405 g/mol. The molecule has 3 aliphatic rings. The van der Waals surface area contributed by atoms with Crippen LogP contribution in [0.3, 0.4) is 0 Å². The van der Waals surface area contributed by atoms with Crippen LogP contribution in [0.15, 0.2) is 42.5 Å². The number of carbonyl (C=O) groups is 1. The van der Waals surface area contributed by atoms with Crippen LogP contribution in [0.4, 0.5) is 10.5 Å². The van der Waals surface area contributed by atoms with E-state index in [1.54, 1.807) is 5.56 Å². The molecule has 0 aromatic heterocycles. The lowest BCUT2D eigenvalue weighted by atomic mass is 9.79. The number of hydrogen-bond acceptors (Lipinski definition) is 3. The van der Waals surface area contributed by atoms with Gasteiger partial charge < -0.3 is 15.0 Å². The molecule has 2 aromatic carbocycles. The van der Waals surface area contributed by atoms with Crippen LogP contribution in [0.2, 0.25) is 0 Å². The summed E-state index contributed by atoms with van der Waals surface area (Å²) in [6.07, 6.45) is 7.71. The fourth-order valence-electron chi connectivity index (χ4n) is 5.69. The predicted molar refractivity (Wildman–Crippen MR) is 120 cm³/mol. The Bertz CT molecular complexity index is 937. The van der Waals surface area contributed by atoms with E-state index < -0.39 is 0 Å². The molecular weight excluding hydrogens is 372 g/mol. The summed E-state index contributed by atoms with van der Waals surface area (Å²) in [5.41, 5.74) is 7.11. The zero-order valence-electron chi connectivity index (χ0n) is 18.1. The standard InChI is InChI=1S/C26H32N2O2/c1-28(2)24-9-4-18(5-10-24)13-19-3-6-21-15-22(8-7-20(21)14-19)23-11-12-26(16-23)17-30-25(29)27-26/h4-5,7-10,15,19,23H,3,6,11-14,16-17H2,1-2H3,(H,27,29)/t19?,23-,26+/m0/s1. The lowest BCUT2D eigenvalue weighted by Crippen LogP contribution is -2.40. The van der Waals surface area contributed by atoms with Gasteiger partial charge in [0.2, 0.25) is 0 Å². The number of aryl methyl sites for hydroxylation is 1. The Balaban J connectivity index is 1.23. The third kappa shape index (κ3) is 3.80. The summed E-state index contributed by atoms with van der Waals surface area (Å²) < 4.78 is 5.19. The molecule has 1 aliphatic heterocycles. The SMILES string of the molecule is CN(C)c1ccc(CC2CCc3cc([C@H]4CC[C@]5(COC(=O)N5)C4)ccc3C2)cc1. The van der Waals surface area contributed by atoms with Gasteiger partial charge in [-0.2, -0.15) is 0 Å². The van der Waals surface area contributed by atoms with Crippen molar-refractivity contribution in [2.24, 2.45) is 5.92 Å². The number of cyclic esters (lactones) is 1. The highest BCUT2D eigenvalue weighted by Crippen LogP contribution is 2.43. The molecule has 1 amide bonds. The quantitative estimate of drug-likeness (QED) is 0.792. The van der Waals surface area contributed by atoms with Crippen molar-refractivity contribution in [3.05, 3.63) is 64.7 Å². The minimum Gasteiger partial charge on any atom is -0.447 e. The van der Waals surface area contributed by atoms with Gasteiger partial charge in [0, 0.05) is 19.8 Å². The highest BCUT2D eigenvalue weighted by Gasteiger charge is 2.46. The fraction of sp³-hybridized carbons (Fsp3) is 0.500. The van der Waals surface area contributed by atoms with Crippen LogP contribution in [0.25, 0.3) is 0 Å². The predicted octanol–water partition coefficient (Wildman–Crippen LogP) is 4.85. The number of benzene rings is 2. The number of ether oxygens (including phenoxy) is 1. The maximum atomic E-state index is 11.5. The van der Waals surface area contributed by atoms with Crippen molar-refractivity contribution in [3.8, 4) is 0 Å². The topological polar surface area (TPSA) is 41.6 Å². The van der Waals surface area contributed by atoms with Crippen molar-refractivity contribution in [2.75, 3.05) is 25.6 Å². The van der Waals surface area contributed by atoms with E-state index in [1.807, 2.05) is 0 Å². The summed E-state index contributed by atoms with van der Waals surface area (Å²) in [6, 6.07) is 16.2. The molecule has 3 atom stereocenters. The van der Waals surface area contributed by atoms with E-state index in [1.165, 1.54) is 48.1 Å². The number of nitrogens with one attached hydrogen (secondary N) is 1. The molecule has 1 unspecified atom stereocenters. The maximum absolute atomic E-state index is 11.5. The molecule has 2 aliphatic carbocycles. The van der Waals surface area contributed by atoms with E-state index in [0.717, 1.165) is 25.2 Å². The second-order valence-corrected chi connectivity index (χ2v) is 9.82. The number of alkyl carbamates (subject to hydrolysis) is 1. The Kier molecular flexibility index (Phi) is 4.96. The zero-order valence-corrected chi connectivity index (χ0v) is 18.1. The second-order valence-electron chi connectivity index (χ2n) is 9.82. The molecule has 1 N–H and O–H groups in total. The molecule has 30 heavy (non-hydrogen) atoms. The number of anilines is 1. The molecule has 158 valence electrons. The first-order valence-electron chi connectivity index (χ1n) is 11.3. The van der Waals surface area contributed by atoms with Crippen molar-refractivity contribution in [1.29, 1.82) is 0 Å². The fourth-order valence-corrected chi connectivity index (χ4v) is 5.69. The third-order valence-corrected chi connectivity index (χ3v) is 7.46. The molecule has 1 saturated heterocycles. The molecular formula is C26H32N2O2. The summed E-state index contributed by atoms with van der Waals surface area (Å²) in [4.78, 5) is 13.7. The van der Waals surface area contributed by atoms with Crippen molar-refractivity contribution >= 4 is 11.8 Å². The highest BCUT2D eigenvalue weighted by atomic mass is 16.6. The van der Waals surface area contributed by atoms with Gasteiger partial charge in [-0.1, -0.05) is 30.3 Å². The molecule has 5 rings (SSSR count). The number of hydrogen-bond donors (Lipinski definition) is 1. The smallest absolute Gasteiger partial charge is 0.407 e. The van der Waals surface area contributed by atoms with E-state index in [-0.39, 0.29) is 11.6 Å². The molecule has 4 nitrogen and oxygen atoms in total. The number of nitrogens with zero attached hydrogens (tertiary/aromatic N) is 1. The molecule has 2 aromatic rings. The van der Waals surface area contributed by atoms with Crippen molar-refractivity contribution in [3.63, 3.8) is 0 Å². The summed E-state index contributed by atoms with van der Waals surface area (Å²) in [6.45, 7) is 0.532. The largest absolute Gasteiger partial charge is 0.447 e. The van der Waals surface area contributed by atoms with Crippen LogP contribution in [0.5, 0.6) is 0 Å². The first-order valence-corrected chi connectivity index (χ1v) is 11.3. The van der Waals surface area contributed by atoms with Gasteiger partial charge in [0.05, 0.1) is 5.54 Å². The summed E-state index contributed by atoms with van der Waals surface area (Å²) in [7, 11) is 4.18. The van der Waals surface area contributed by atoms with Gasteiger partial charge in [-0.15, -0.1) is 0 Å². The van der Waals surface area contributed by atoms with Crippen LogP contribution in [0.1, 0.15) is 53.9 Å². The summed E-state index contributed by atoms with van der Waals surface area (Å²) in [5, 5.41) is 3.07. The van der Waals surface area contributed by atoms with Crippen LogP contribution in [-0.4, -0.2) is 32.3 Å². The Morgan fingerprint density at radius 3 is 2.67 bits per heavy atom. The van der Waals surface area contributed by atoms with Gasteiger partial charge in [0.1, 0.15) is 6.61 Å². The van der Waals surface area contributed by atoms with Crippen LogP contribution < -0.4 is 10.2 Å². The first kappa shape index (κ1) is 19.5. The molecule has 4 heteroatoms. The molecule has 2 fully saturated rings. The van der Waals surface area contributed by atoms with Gasteiger partial charge in [-0.3, -0.25) is 0 Å². The van der Waals surface area contributed by atoms with E-state index in [0.29, 0.717) is 12.5 Å². The lowest BCUT2D eigenvalue weighted by Gasteiger charge is -2.26. The molecule has 1 saturated carbocycles. The second kappa shape index (κ2) is 7.64. The normalized spacial score (nSPS) is 27.6. The van der Waals surface area contributed by atoms with Crippen LogP contribution in [-0.2, 0) is 24.0 Å². The van der Waals surface area contributed by atoms with Crippen molar-refractivity contribution in [1.82, 2.24) is 5.32 Å². The van der Waals surface area contributed by atoms with Gasteiger partial charge in [-0.05, 0) is 91.2 Å². The molecule has 0 bridgehead atoms. The van der Waals surface area contributed by atoms with Crippen molar-refractivity contribution in [2.45, 2.75) is 56.4 Å². The van der Waals surface area contributed by atoms with Gasteiger partial charge >= 0.3 is 6.09 Å².